The van der Waals surface area contributed by atoms with Crippen LogP contribution in [-0.2, 0) is 0 Å². The maximum atomic E-state index is 13.0. The van der Waals surface area contributed by atoms with E-state index in [-0.39, 0.29) is 17.4 Å². The van der Waals surface area contributed by atoms with E-state index in [0.29, 0.717) is 16.9 Å². The largest absolute Gasteiger partial charge is 0.449 e. The molecule has 3 aromatic carbocycles. The van der Waals surface area contributed by atoms with E-state index < -0.39 is 11.9 Å². The number of halogens is 1. The number of hydrogen-bond donors (Lipinski definition) is 1. The van der Waals surface area contributed by atoms with Crippen LogP contribution in [-0.4, -0.2) is 5.97 Å². The van der Waals surface area contributed by atoms with Crippen LogP contribution in [0, 0.1) is 32.1 Å². The van der Waals surface area contributed by atoms with Crippen LogP contribution in [0.2, 0.25) is 0 Å². The molecular weight excluding hydrogens is 508 g/mol. The molecule has 0 aliphatic carbocycles. The third-order valence-electron chi connectivity index (χ3n) is 6.32. The first-order valence-corrected chi connectivity index (χ1v) is 11.8. The van der Waals surface area contributed by atoms with Gasteiger partial charge in [-0.25, -0.2) is 4.79 Å². The first-order chi connectivity index (χ1) is 16.8. The van der Waals surface area contributed by atoms with E-state index in [4.69, 9.17) is 19.6 Å². The Morgan fingerprint density at radius 2 is 1.86 bits per heavy atom. The summed E-state index contributed by atoms with van der Waals surface area (Å²) in [7, 11) is 0. The molecule has 5 rings (SSSR count). The molecule has 2 heterocycles. The number of rotatable bonds is 3. The maximum Gasteiger partial charge on any atom is 0.379 e. The zero-order valence-corrected chi connectivity index (χ0v) is 20.9. The van der Waals surface area contributed by atoms with Crippen molar-refractivity contribution in [2.24, 2.45) is 5.73 Å². The Morgan fingerprint density at radius 3 is 2.60 bits per heavy atom. The molecule has 1 atom stereocenters. The number of fused-ring (bicyclic) bond motifs is 2. The Kier molecular flexibility index (Phi) is 5.62. The van der Waals surface area contributed by atoms with Crippen molar-refractivity contribution in [3.05, 3.63) is 104 Å². The van der Waals surface area contributed by atoms with E-state index in [9.17, 15) is 10.1 Å². The number of carbonyl (C=O) groups is 1. The van der Waals surface area contributed by atoms with Crippen LogP contribution >= 0.6 is 15.9 Å². The topological polar surface area (TPSA) is 98.5 Å². The molecule has 1 unspecified atom stereocenters. The molecule has 0 saturated carbocycles. The summed E-state index contributed by atoms with van der Waals surface area (Å²) in [5.74, 6) is -0.134. The summed E-state index contributed by atoms with van der Waals surface area (Å²) in [6.45, 7) is 5.85. The predicted octanol–water partition coefficient (Wildman–Crippen LogP) is 6.56. The van der Waals surface area contributed by atoms with Crippen LogP contribution in [0.1, 0.15) is 44.3 Å². The molecule has 0 fully saturated rings. The number of hydrogen-bond acceptors (Lipinski definition) is 6. The van der Waals surface area contributed by atoms with Gasteiger partial charge in [0.15, 0.2) is 0 Å². The number of nitriles is 1. The number of furan rings is 1. The van der Waals surface area contributed by atoms with Crippen LogP contribution in [0.5, 0.6) is 11.5 Å². The van der Waals surface area contributed by atoms with Gasteiger partial charge in [-0.3, -0.25) is 0 Å². The molecule has 4 aromatic rings. The van der Waals surface area contributed by atoms with Gasteiger partial charge in [-0.15, -0.1) is 0 Å². The van der Waals surface area contributed by atoms with Gasteiger partial charge in [0.25, 0.3) is 0 Å². The minimum Gasteiger partial charge on any atom is -0.449 e. The molecule has 35 heavy (non-hydrogen) atoms. The van der Waals surface area contributed by atoms with Gasteiger partial charge in [-0.2, -0.15) is 5.26 Å². The molecule has 0 radical (unpaired) electrons. The molecule has 6 nitrogen and oxygen atoms in total. The molecule has 0 saturated heterocycles. The Bertz CT molecular complexity index is 1590. The lowest BCUT2D eigenvalue weighted by Gasteiger charge is -2.26. The highest BCUT2D eigenvalue weighted by molar-refractivity contribution is 9.10. The predicted molar refractivity (Wildman–Crippen MR) is 135 cm³/mol. The Morgan fingerprint density at radius 1 is 1.09 bits per heavy atom. The fraction of sp³-hybridized carbons (Fsp3) is 0.143. The highest BCUT2D eigenvalue weighted by Gasteiger charge is 2.31. The summed E-state index contributed by atoms with van der Waals surface area (Å²) in [6.07, 6.45) is 0. The van der Waals surface area contributed by atoms with Crippen LogP contribution in [0.4, 0.5) is 0 Å². The Balaban J connectivity index is 1.50. The summed E-state index contributed by atoms with van der Waals surface area (Å²) >= 11 is 3.48. The third-order valence-corrected chi connectivity index (χ3v) is 6.81. The molecule has 1 aromatic heterocycles. The Labute approximate surface area is 210 Å². The molecule has 0 bridgehead atoms. The summed E-state index contributed by atoms with van der Waals surface area (Å²) in [4.78, 5) is 13.0. The van der Waals surface area contributed by atoms with Gasteiger partial charge >= 0.3 is 5.97 Å². The van der Waals surface area contributed by atoms with Crippen molar-refractivity contribution in [2.45, 2.75) is 26.7 Å². The summed E-state index contributed by atoms with van der Waals surface area (Å²) in [5, 5.41) is 10.6. The van der Waals surface area contributed by atoms with Crippen molar-refractivity contribution < 1.29 is 18.7 Å². The number of benzene rings is 3. The Hall–Kier alpha value is -4.02. The molecule has 0 amide bonds. The normalized spacial score (nSPS) is 14.9. The van der Waals surface area contributed by atoms with Crippen molar-refractivity contribution in [2.75, 3.05) is 0 Å². The summed E-state index contributed by atoms with van der Waals surface area (Å²) in [5.41, 5.74) is 11.6. The van der Waals surface area contributed by atoms with Crippen LogP contribution < -0.4 is 15.2 Å². The quantitative estimate of drug-likeness (QED) is 0.239. The first-order valence-electron chi connectivity index (χ1n) is 11.0. The lowest BCUT2D eigenvalue weighted by atomic mass is 9.83. The molecule has 1 aliphatic rings. The van der Waals surface area contributed by atoms with E-state index in [1.807, 2.05) is 57.2 Å². The van der Waals surface area contributed by atoms with Gasteiger partial charge in [-0.05, 0) is 67.8 Å². The van der Waals surface area contributed by atoms with Crippen LogP contribution in [0.25, 0.3) is 11.0 Å². The zero-order valence-electron chi connectivity index (χ0n) is 19.3. The van der Waals surface area contributed by atoms with Crippen molar-refractivity contribution in [3.8, 4) is 17.6 Å². The van der Waals surface area contributed by atoms with Crippen molar-refractivity contribution >= 4 is 32.9 Å². The average Bonchev–Trinajstić information content (AvgIpc) is 3.13. The van der Waals surface area contributed by atoms with Gasteiger partial charge in [0.1, 0.15) is 28.7 Å². The van der Waals surface area contributed by atoms with Gasteiger partial charge in [0, 0.05) is 27.1 Å². The van der Waals surface area contributed by atoms with E-state index in [1.165, 1.54) is 0 Å². The van der Waals surface area contributed by atoms with Crippen LogP contribution in [0.15, 0.2) is 74.9 Å². The smallest absolute Gasteiger partial charge is 0.379 e. The fourth-order valence-corrected chi connectivity index (χ4v) is 4.77. The van der Waals surface area contributed by atoms with Crippen molar-refractivity contribution in [1.82, 2.24) is 0 Å². The zero-order chi connectivity index (χ0) is 24.9. The second-order valence-electron chi connectivity index (χ2n) is 8.56. The monoisotopic (exact) mass is 528 g/mol. The summed E-state index contributed by atoms with van der Waals surface area (Å²) < 4.78 is 18.1. The molecule has 1 aliphatic heterocycles. The lowest BCUT2D eigenvalue weighted by Crippen LogP contribution is -2.21. The van der Waals surface area contributed by atoms with Gasteiger partial charge < -0.3 is 19.6 Å². The second kappa shape index (κ2) is 8.64. The average molecular weight is 529 g/mol. The van der Waals surface area contributed by atoms with Crippen LogP contribution in [0.3, 0.4) is 0 Å². The van der Waals surface area contributed by atoms with E-state index in [2.05, 4.69) is 22.0 Å². The molecule has 2 N–H and O–H groups in total. The highest BCUT2D eigenvalue weighted by atomic mass is 79.9. The van der Waals surface area contributed by atoms with Crippen molar-refractivity contribution in [3.63, 3.8) is 0 Å². The van der Waals surface area contributed by atoms with E-state index in [0.717, 1.165) is 37.7 Å². The minimum absolute atomic E-state index is 0.0207. The minimum atomic E-state index is -0.602. The summed E-state index contributed by atoms with van der Waals surface area (Å²) in [6, 6.07) is 18.8. The number of carbonyl (C=O) groups excluding carboxylic acids is 1. The van der Waals surface area contributed by atoms with Gasteiger partial charge in [0.05, 0.1) is 5.92 Å². The fourth-order valence-electron chi connectivity index (χ4n) is 4.35. The number of ether oxygens (including phenoxy) is 2. The molecule has 0 spiro atoms. The highest BCUT2D eigenvalue weighted by Crippen LogP contribution is 2.44. The lowest BCUT2D eigenvalue weighted by molar-refractivity contribution is 0.0702. The third kappa shape index (κ3) is 3.96. The maximum absolute atomic E-state index is 13.0. The standard InChI is InChI=1S/C28H21BrN2O4/c1-14-9-21-16(3)26(34-23(21)10-15(14)2)28(32)33-19-7-8-20-24(12-19)35-27(31)22(13-30)25(20)17-5-4-6-18(29)11-17/h4-12,25H,31H2,1-3H3. The van der Waals surface area contributed by atoms with E-state index >= 15 is 0 Å². The van der Waals surface area contributed by atoms with E-state index in [1.54, 1.807) is 18.2 Å². The number of nitrogens with two attached hydrogens (primary N) is 1. The number of esters is 1. The first kappa shape index (κ1) is 22.8. The SMILES string of the molecule is Cc1cc2oc(C(=O)Oc3ccc4c(c3)OC(N)=C(C#N)C4c3cccc(Br)c3)c(C)c2cc1C. The molecule has 7 heteroatoms. The van der Waals surface area contributed by atoms with Gasteiger partial charge in [-0.1, -0.05) is 34.1 Å². The second-order valence-corrected chi connectivity index (χ2v) is 9.47. The molecule has 174 valence electrons. The molecular formula is C28H21BrN2O4. The number of allylic oxidation sites excluding steroid dienone is 1. The van der Waals surface area contributed by atoms with Gasteiger partial charge in [0.2, 0.25) is 11.6 Å². The number of aryl methyl sites for hydroxylation is 3. The number of nitrogens with zero attached hydrogens (tertiary/aromatic N) is 1. The van der Waals surface area contributed by atoms with Crippen molar-refractivity contribution in [1.29, 1.82) is 5.26 Å².